The molecule has 5 nitrogen and oxygen atoms in total. The average Bonchev–Trinajstić information content (AvgIpc) is 3.04. The zero-order chi connectivity index (χ0) is 14.4. The lowest BCUT2D eigenvalue weighted by atomic mass is 10.2. The molecular weight excluding hydrogens is 292 g/mol. The van der Waals surface area contributed by atoms with Crippen molar-refractivity contribution < 1.29 is 4.79 Å². The Morgan fingerprint density at radius 1 is 1.40 bits per heavy atom. The van der Waals surface area contributed by atoms with E-state index in [-0.39, 0.29) is 5.91 Å². The van der Waals surface area contributed by atoms with Gasteiger partial charge in [-0.15, -0.1) is 16.4 Å². The first-order valence-electron chi connectivity index (χ1n) is 6.71. The molecule has 1 amide bonds. The molecule has 0 aliphatic heterocycles. The molecule has 0 atom stereocenters. The normalized spacial score (nSPS) is 10.7. The second kappa shape index (κ2) is 7.44. The lowest BCUT2D eigenvalue weighted by Crippen LogP contribution is -2.25. The summed E-state index contributed by atoms with van der Waals surface area (Å²) in [6, 6.07) is 0. The fourth-order valence-electron chi connectivity index (χ4n) is 1.82. The number of carbonyl (C=O) groups excluding carboxylic acids is 1. The van der Waals surface area contributed by atoms with Crippen molar-refractivity contribution in [1.82, 2.24) is 19.9 Å². The number of carbonyl (C=O) groups is 1. The quantitative estimate of drug-likeness (QED) is 0.798. The molecule has 20 heavy (non-hydrogen) atoms. The van der Waals surface area contributed by atoms with Gasteiger partial charge in [0.1, 0.15) is 4.88 Å². The van der Waals surface area contributed by atoms with Gasteiger partial charge in [-0.2, -0.15) is 0 Å². The van der Waals surface area contributed by atoms with Crippen LogP contribution < -0.4 is 5.32 Å². The maximum absolute atomic E-state index is 12.0. The van der Waals surface area contributed by atoms with Crippen LogP contribution in [0.25, 0.3) is 0 Å². The van der Waals surface area contributed by atoms with Gasteiger partial charge in [-0.25, -0.2) is 4.98 Å². The number of nitrogens with one attached hydrogen (secondary N) is 1. The highest BCUT2D eigenvalue weighted by molar-refractivity contribution is 7.09. The first-order valence-corrected chi connectivity index (χ1v) is 8.36. The second-order valence-electron chi connectivity index (χ2n) is 4.54. The third-order valence-electron chi connectivity index (χ3n) is 2.77. The van der Waals surface area contributed by atoms with Gasteiger partial charge in [-0.3, -0.25) is 4.79 Å². The SMILES string of the molecule is CCCc1nnsc1C(=O)NCCCc1nc(C)cs1. The Bertz CT molecular complexity index is 564. The van der Waals surface area contributed by atoms with Gasteiger partial charge in [0.15, 0.2) is 0 Å². The highest BCUT2D eigenvalue weighted by atomic mass is 32.1. The van der Waals surface area contributed by atoms with Gasteiger partial charge >= 0.3 is 0 Å². The Labute approximate surface area is 126 Å². The van der Waals surface area contributed by atoms with E-state index in [1.807, 2.05) is 12.3 Å². The van der Waals surface area contributed by atoms with Gasteiger partial charge in [0, 0.05) is 24.0 Å². The summed E-state index contributed by atoms with van der Waals surface area (Å²) < 4.78 is 3.86. The number of amides is 1. The van der Waals surface area contributed by atoms with E-state index < -0.39 is 0 Å². The van der Waals surface area contributed by atoms with E-state index in [9.17, 15) is 4.79 Å². The number of aromatic nitrogens is 3. The van der Waals surface area contributed by atoms with Gasteiger partial charge in [0.25, 0.3) is 5.91 Å². The van der Waals surface area contributed by atoms with Crippen LogP contribution in [0.5, 0.6) is 0 Å². The Hall–Kier alpha value is -1.34. The molecule has 0 saturated carbocycles. The van der Waals surface area contributed by atoms with Crippen LogP contribution in [0.15, 0.2) is 5.38 Å². The molecule has 2 aromatic heterocycles. The van der Waals surface area contributed by atoms with Crippen molar-refractivity contribution in [1.29, 1.82) is 0 Å². The second-order valence-corrected chi connectivity index (χ2v) is 6.24. The molecule has 2 heterocycles. The minimum Gasteiger partial charge on any atom is -0.351 e. The zero-order valence-electron chi connectivity index (χ0n) is 11.7. The molecule has 0 saturated heterocycles. The van der Waals surface area contributed by atoms with E-state index >= 15 is 0 Å². The Morgan fingerprint density at radius 2 is 2.25 bits per heavy atom. The minimum absolute atomic E-state index is 0.0567. The van der Waals surface area contributed by atoms with Crippen molar-refractivity contribution in [3.8, 4) is 0 Å². The van der Waals surface area contributed by atoms with Crippen molar-refractivity contribution in [3.05, 3.63) is 26.7 Å². The van der Waals surface area contributed by atoms with E-state index in [1.165, 1.54) is 11.5 Å². The summed E-state index contributed by atoms with van der Waals surface area (Å²) in [5.41, 5.74) is 1.87. The molecule has 0 bridgehead atoms. The van der Waals surface area contributed by atoms with E-state index in [1.54, 1.807) is 11.3 Å². The predicted molar refractivity (Wildman–Crippen MR) is 81.4 cm³/mol. The van der Waals surface area contributed by atoms with E-state index in [2.05, 4.69) is 26.8 Å². The van der Waals surface area contributed by atoms with Crippen LogP contribution in [0.1, 0.15) is 45.8 Å². The summed E-state index contributed by atoms with van der Waals surface area (Å²) in [5, 5.41) is 10.1. The fraction of sp³-hybridized carbons (Fsp3) is 0.538. The van der Waals surface area contributed by atoms with Crippen molar-refractivity contribution in [3.63, 3.8) is 0 Å². The molecule has 0 aliphatic rings. The number of thiazole rings is 1. The number of aryl methyl sites for hydroxylation is 3. The molecule has 1 N–H and O–H groups in total. The van der Waals surface area contributed by atoms with Crippen LogP contribution in [0.3, 0.4) is 0 Å². The topological polar surface area (TPSA) is 67.8 Å². The van der Waals surface area contributed by atoms with Crippen molar-refractivity contribution in [2.45, 2.75) is 39.5 Å². The van der Waals surface area contributed by atoms with Crippen molar-refractivity contribution >= 4 is 28.8 Å². The number of rotatable bonds is 7. The van der Waals surface area contributed by atoms with Crippen LogP contribution in [-0.2, 0) is 12.8 Å². The molecule has 0 aromatic carbocycles. The molecule has 2 rings (SSSR count). The van der Waals surface area contributed by atoms with Crippen LogP contribution in [0.2, 0.25) is 0 Å². The fourth-order valence-corrected chi connectivity index (χ4v) is 3.26. The number of hydrogen-bond acceptors (Lipinski definition) is 6. The Morgan fingerprint density at radius 3 is 2.95 bits per heavy atom. The lowest BCUT2D eigenvalue weighted by Gasteiger charge is -2.03. The molecule has 0 spiro atoms. The Balaban J connectivity index is 1.76. The summed E-state index contributed by atoms with van der Waals surface area (Å²) in [6.07, 6.45) is 3.57. The van der Waals surface area contributed by atoms with E-state index in [4.69, 9.17) is 0 Å². The van der Waals surface area contributed by atoms with Gasteiger partial charge in [-0.05, 0) is 31.3 Å². The molecule has 0 fully saturated rings. The maximum atomic E-state index is 12.0. The van der Waals surface area contributed by atoms with Gasteiger partial charge in [0.2, 0.25) is 0 Å². The van der Waals surface area contributed by atoms with Crippen LogP contribution in [0, 0.1) is 6.92 Å². The maximum Gasteiger partial charge on any atom is 0.264 e. The summed E-state index contributed by atoms with van der Waals surface area (Å²) >= 11 is 2.85. The largest absolute Gasteiger partial charge is 0.351 e. The minimum atomic E-state index is -0.0567. The Kier molecular flexibility index (Phi) is 5.60. The molecule has 7 heteroatoms. The molecule has 0 aliphatic carbocycles. The summed E-state index contributed by atoms with van der Waals surface area (Å²) in [6.45, 7) is 4.71. The molecule has 0 unspecified atom stereocenters. The first kappa shape index (κ1) is 15.1. The lowest BCUT2D eigenvalue weighted by molar-refractivity contribution is 0.0956. The summed E-state index contributed by atoms with van der Waals surface area (Å²) in [7, 11) is 0. The predicted octanol–water partition coefficient (Wildman–Crippen LogP) is 2.62. The van der Waals surface area contributed by atoms with Crippen LogP contribution >= 0.6 is 22.9 Å². The monoisotopic (exact) mass is 310 g/mol. The number of hydrogen-bond donors (Lipinski definition) is 1. The van der Waals surface area contributed by atoms with Crippen LogP contribution in [-0.4, -0.2) is 27.0 Å². The average molecular weight is 310 g/mol. The zero-order valence-corrected chi connectivity index (χ0v) is 13.3. The van der Waals surface area contributed by atoms with E-state index in [0.717, 1.165) is 42.1 Å². The first-order chi connectivity index (χ1) is 9.70. The standard InChI is InChI=1S/C13H18N4OS2/c1-3-5-10-12(20-17-16-10)13(18)14-7-4-6-11-15-9(2)8-19-11/h8H,3-7H2,1-2H3,(H,14,18). The molecular formula is C13H18N4OS2. The number of nitrogens with zero attached hydrogens (tertiary/aromatic N) is 3. The smallest absolute Gasteiger partial charge is 0.264 e. The molecule has 0 radical (unpaired) electrons. The van der Waals surface area contributed by atoms with Crippen molar-refractivity contribution in [2.75, 3.05) is 6.54 Å². The van der Waals surface area contributed by atoms with Gasteiger partial charge in [-0.1, -0.05) is 17.8 Å². The van der Waals surface area contributed by atoms with Gasteiger partial charge in [0.05, 0.1) is 10.7 Å². The molecule has 2 aromatic rings. The van der Waals surface area contributed by atoms with E-state index in [0.29, 0.717) is 11.4 Å². The summed E-state index contributed by atoms with van der Waals surface area (Å²) in [5.74, 6) is -0.0567. The highest BCUT2D eigenvalue weighted by Gasteiger charge is 2.14. The molecule has 108 valence electrons. The highest BCUT2D eigenvalue weighted by Crippen LogP contribution is 2.13. The van der Waals surface area contributed by atoms with Crippen LogP contribution in [0.4, 0.5) is 0 Å². The third kappa shape index (κ3) is 4.08. The van der Waals surface area contributed by atoms with Crippen molar-refractivity contribution in [2.24, 2.45) is 0 Å². The summed E-state index contributed by atoms with van der Waals surface area (Å²) in [4.78, 5) is 17.1. The third-order valence-corrected chi connectivity index (χ3v) is 4.56. The van der Waals surface area contributed by atoms with Gasteiger partial charge < -0.3 is 5.32 Å².